The third-order valence-corrected chi connectivity index (χ3v) is 17.2. The maximum atomic E-state index is 13.4. The zero-order chi connectivity index (χ0) is 64.8. The summed E-state index contributed by atoms with van der Waals surface area (Å²) in [6.07, 6.45) is 5.61. The summed E-state index contributed by atoms with van der Waals surface area (Å²) in [5.74, 6) is -2.78. The van der Waals surface area contributed by atoms with Crippen molar-refractivity contribution in [1.29, 1.82) is 0 Å². The van der Waals surface area contributed by atoms with Gasteiger partial charge in [-0.2, -0.15) is 13.2 Å². The summed E-state index contributed by atoms with van der Waals surface area (Å²) in [6, 6.07) is 43.8. The second kappa shape index (κ2) is 34.0. The Morgan fingerprint density at radius 2 is 1.09 bits per heavy atom. The van der Waals surface area contributed by atoms with Gasteiger partial charge >= 0.3 is 24.3 Å². The van der Waals surface area contributed by atoms with Crippen LogP contribution in [-0.4, -0.2) is 122 Å². The average Bonchev–Trinajstić information content (AvgIpc) is 2.93. The van der Waals surface area contributed by atoms with Crippen LogP contribution in [0.3, 0.4) is 0 Å². The molecule has 9 rings (SSSR count). The number of phenolic OH excluding ortho intramolecular Hbond substituents is 1. The number of pyridine rings is 1. The molecule has 0 saturated carbocycles. The Morgan fingerprint density at radius 3 is 1.57 bits per heavy atom. The van der Waals surface area contributed by atoms with Crippen LogP contribution in [0.2, 0.25) is 0 Å². The van der Waals surface area contributed by atoms with Gasteiger partial charge in [-0.3, -0.25) is 4.90 Å². The van der Waals surface area contributed by atoms with Crippen molar-refractivity contribution >= 4 is 35.2 Å². The SMILES string of the molecule is CCCC(C)N1CCC(N(Cc2ccccc2)C(=O)Nc2ccc(C(F)(F)F)nc2C)CC1.CCCC(C)N1CCC(N(Cc2ccccc2)C(=O)Nc2cccc(O)c2)CC1.Cc1ccc(CN2CCC(NC(=O)Nc3cccc(C(C)(F)F)c3)CC2)cc1. The minimum Gasteiger partial charge on any atom is -0.508 e. The highest BCUT2D eigenvalue weighted by Gasteiger charge is 2.35. The lowest BCUT2D eigenvalue weighted by Gasteiger charge is -2.40. The van der Waals surface area contributed by atoms with E-state index in [9.17, 15) is 41.4 Å². The molecular weight excluding hydrogens is 1150 g/mol. The van der Waals surface area contributed by atoms with E-state index in [0.717, 1.165) is 121 Å². The quantitative estimate of drug-likeness (QED) is 0.0504. The van der Waals surface area contributed by atoms with Crippen molar-refractivity contribution in [2.45, 2.75) is 175 Å². The first-order valence-corrected chi connectivity index (χ1v) is 31.9. The normalized spacial score (nSPS) is 16.3. The lowest BCUT2D eigenvalue weighted by molar-refractivity contribution is -0.141. The van der Waals surface area contributed by atoms with Crippen molar-refractivity contribution < 1.29 is 41.4 Å². The summed E-state index contributed by atoms with van der Waals surface area (Å²) in [7, 11) is 0. The largest absolute Gasteiger partial charge is 0.508 e. The molecule has 486 valence electrons. The van der Waals surface area contributed by atoms with Gasteiger partial charge in [0.25, 0.3) is 5.92 Å². The van der Waals surface area contributed by atoms with Gasteiger partial charge in [-0.05, 0) is 132 Å². The monoisotopic (exact) mass is 1240 g/mol. The van der Waals surface area contributed by atoms with Crippen molar-refractivity contribution in [3.63, 3.8) is 0 Å². The summed E-state index contributed by atoms with van der Waals surface area (Å²) < 4.78 is 65.7. The number of aromatic hydroxyl groups is 1. The Morgan fingerprint density at radius 1 is 0.589 bits per heavy atom. The summed E-state index contributed by atoms with van der Waals surface area (Å²) in [6.45, 7) is 21.0. The van der Waals surface area contributed by atoms with Crippen LogP contribution in [0, 0.1) is 13.8 Å². The second-order valence-electron chi connectivity index (χ2n) is 24.4. The molecule has 3 fully saturated rings. The number of phenols is 1. The molecule has 6 aromatic rings. The minimum atomic E-state index is -4.52. The standard InChI is InChI=1S/C25H33F3N4O.C24H33N3O2.C22H27F2N3O/c1-4-8-18(2)31-15-13-21(14-16-31)32(17-20-9-6-5-7-10-20)24(33)30-22-11-12-23(25(26,27)28)29-19(22)3;1-3-8-19(2)26-15-13-22(14-16-26)27(18-20-9-5-4-6-10-20)24(29)25-21-11-7-12-23(28)17-21;1-16-6-8-17(9-7-16)15-27-12-10-19(11-13-27)25-21(28)26-20-5-3-4-18(14-20)22(2,23)24/h5-7,9-12,18,21H,4,8,13-17H2,1-3H3,(H,30,33);4-7,9-12,17,19,22,28H,3,8,13-16,18H2,1-2H3,(H,25,29);3-9,14,19H,10-13,15H2,1-2H3,(H2,25,26,28). The van der Waals surface area contributed by atoms with Crippen molar-refractivity contribution in [3.8, 4) is 5.75 Å². The van der Waals surface area contributed by atoms with E-state index in [-0.39, 0.29) is 53.2 Å². The molecule has 3 saturated heterocycles. The molecule has 2 atom stereocenters. The van der Waals surface area contributed by atoms with Gasteiger partial charge in [0, 0.05) is 119 Å². The maximum absolute atomic E-state index is 13.4. The average molecular weight is 1250 g/mol. The Bertz CT molecular complexity index is 3150. The molecule has 0 spiro atoms. The molecule has 90 heavy (non-hydrogen) atoms. The fourth-order valence-corrected chi connectivity index (χ4v) is 12.0. The highest BCUT2D eigenvalue weighted by atomic mass is 19.4. The van der Waals surface area contributed by atoms with E-state index in [1.807, 2.05) is 58.3 Å². The third kappa shape index (κ3) is 22.1. The van der Waals surface area contributed by atoms with Crippen molar-refractivity contribution in [2.24, 2.45) is 0 Å². The third-order valence-electron chi connectivity index (χ3n) is 17.2. The van der Waals surface area contributed by atoms with Gasteiger partial charge in [-0.1, -0.05) is 135 Å². The highest BCUT2D eigenvalue weighted by molar-refractivity contribution is 5.91. The van der Waals surface area contributed by atoms with Crippen molar-refractivity contribution in [3.05, 3.63) is 185 Å². The Hall–Kier alpha value is -7.61. The number of carbonyl (C=O) groups is 3. The van der Waals surface area contributed by atoms with Crippen LogP contribution in [0.1, 0.15) is 138 Å². The topological polar surface area (TPSA) is 149 Å². The van der Waals surface area contributed by atoms with Crippen LogP contribution in [0.15, 0.2) is 146 Å². The zero-order valence-electron chi connectivity index (χ0n) is 53.4. The van der Waals surface area contributed by atoms with E-state index >= 15 is 0 Å². The number of aryl methyl sites for hydroxylation is 2. The first kappa shape index (κ1) is 69.9. The van der Waals surface area contributed by atoms with Gasteiger partial charge in [-0.15, -0.1) is 0 Å². The number of aromatic nitrogens is 1. The molecule has 14 nitrogen and oxygen atoms in total. The number of piperidine rings is 3. The molecule has 0 aliphatic carbocycles. The Balaban J connectivity index is 0.000000193. The molecular formula is C71H93F5N10O4. The van der Waals surface area contributed by atoms with Gasteiger partial charge in [0.05, 0.1) is 11.4 Å². The number of carbonyl (C=O) groups excluding carboxylic acids is 3. The summed E-state index contributed by atoms with van der Waals surface area (Å²) in [5, 5.41) is 21.1. The molecule has 5 N–H and O–H groups in total. The Labute approximate surface area is 529 Å². The number of benzene rings is 5. The molecule has 2 unspecified atom stereocenters. The first-order valence-electron chi connectivity index (χ1n) is 31.9. The second-order valence-corrected chi connectivity index (χ2v) is 24.4. The summed E-state index contributed by atoms with van der Waals surface area (Å²) in [5.41, 5.74) is 5.02. The molecule has 5 aromatic carbocycles. The highest BCUT2D eigenvalue weighted by Crippen LogP contribution is 2.32. The van der Waals surface area contributed by atoms with E-state index in [0.29, 0.717) is 42.2 Å². The summed E-state index contributed by atoms with van der Waals surface area (Å²) >= 11 is 0. The molecule has 6 amide bonds. The molecule has 3 aliphatic heterocycles. The molecule has 3 aliphatic rings. The lowest BCUT2D eigenvalue weighted by Crippen LogP contribution is -2.50. The maximum Gasteiger partial charge on any atom is 0.433 e. The molecule has 1 aromatic heterocycles. The van der Waals surface area contributed by atoms with E-state index < -0.39 is 17.8 Å². The fraction of sp³-hybridized carbons (Fsp3) is 0.465. The number of anilines is 3. The van der Waals surface area contributed by atoms with E-state index in [4.69, 9.17) is 0 Å². The van der Waals surface area contributed by atoms with Crippen LogP contribution < -0.4 is 21.3 Å². The van der Waals surface area contributed by atoms with E-state index in [2.05, 4.69) is 112 Å². The van der Waals surface area contributed by atoms with Crippen molar-refractivity contribution in [1.82, 2.24) is 34.8 Å². The van der Waals surface area contributed by atoms with Crippen LogP contribution in [0.4, 0.5) is 53.4 Å². The molecule has 0 bridgehead atoms. The number of amides is 6. The van der Waals surface area contributed by atoms with E-state index in [1.165, 1.54) is 55.2 Å². The zero-order valence-corrected chi connectivity index (χ0v) is 53.4. The minimum absolute atomic E-state index is 0.0537. The van der Waals surface area contributed by atoms with Gasteiger partial charge < -0.3 is 46.0 Å². The van der Waals surface area contributed by atoms with Gasteiger partial charge in [-0.25, -0.2) is 28.1 Å². The van der Waals surface area contributed by atoms with E-state index in [1.54, 1.807) is 30.3 Å². The number of urea groups is 3. The number of likely N-dealkylation sites (tertiary alicyclic amines) is 3. The van der Waals surface area contributed by atoms with Crippen LogP contribution in [0.25, 0.3) is 0 Å². The number of hydrogen-bond donors (Lipinski definition) is 5. The molecule has 0 radical (unpaired) electrons. The van der Waals surface area contributed by atoms with Gasteiger partial charge in [0.2, 0.25) is 0 Å². The van der Waals surface area contributed by atoms with Crippen LogP contribution >= 0.6 is 0 Å². The van der Waals surface area contributed by atoms with Crippen molar-refractivity contribution in [2.75, 3.05) is 55.2 Å². The van der Waals surface area contributed by atoms with Gasteiger partial charge in [0.1, 0.15) is 11.4 Å². The lowest BCUT2D eigenvalue weighted by atomic mass is 10.00. The Kier molecular flexibility index (Phi) is 26.4. The smallest absolute Gasteiger partial charge is 0.433 e. The summed E-state index contributed by atoms with van der Waals surface area (Å²) in [4.78, 5) is 53.5. The van der Waals surface area contributed by atoms with Crippen LogP contribution in [0.5, 0.6) is 5.75 Å². The van der Waals surface area contributed by atoms with Gasteiger partial charge in [0.15, 0.2) is 0 Å². The molecule has 4 heterocycles. The molecule has 19 heteroatoms. The number of hydrogen-bond acceptors (Lipinski definition) is 8. The number of alkyl halides is 5. The predicted molar refractivity (Wildman–Crippen MR) is 350 cm³/mol. The van der Waals surface area contributed by atoms with Crippen LogP contribution in [-0.2, 0) is 31.7 Å². The number of rotatable bonds is 19. The fourth-order valence-electron chi connectivity index (χ4n) is 12.0. The number of nitrogens with one attached hydrogen (secondary N) is 4. The first-order chi connectivity index (χ1) is 43.0. The number of halogens is 5. The number of nitrogens with zero attached hydrogens (tertiary/aromatic N) is 6. The predicted octanol–water partition coefficient (Wildman–Crippen LogP) is 16.1.